The summed E-state index contributed by atoms with van der Waals surface area (Å²) in [5.41, 5.74) is 3.60. The van der Waals surface area contributed by atoms with Crippen LogP contribution in [0.15, 0.2) is 0 Å². The van der Waals surface area contributed by atoms with Crippen molar-refractivity contribution in [1.82, 2.24) is 11.0 Å². The molecule has 0 fully saturated rings. The number of nitrogens with one attached hydrogen (secondary N) is 2. The standard InChI is InChI=1S/C5H14N2O2/c1-4(6-8)5(2,3)7-9/h4,6-9H,1-3H3/t4-/m1/s1. The highest BCUT2D eigenvalue weighted by Gasteiger charge is 2.23. The highest BCUT2D eigenvalue weighted by atomic mass is 16.5. The van der Waals surface area contributed by atoms with Gasteiger partial charge in [-0.25, -0.2) is 5.48 Å². The number of hydroxylamine groups is 2. The van der Waals surface area contributed by atoms with Crippen molar-refractivity contribution < 1.29 is 10.4 Å². The molecule has 0 aliphatic rings. The number of hydrogen-bond acceptors (Lipinski definition) is 4. The molecule has 9 heavy (non-hydrogen) atoms. The maximum atomic E-state index is 8.49. The average molecular weight is 134 g/mol. The van der Waals surface area contributed by atoms with E-state index in [2.05, 4.69) is 5.48 Å². The molecule has 0 aromatic heterocycles. The van der Waals surface area contributed by atoms with Crippen LogP contribution in [0, 0.1) is 0 Å². The molecule has 0 bridgehead atoms. The molecular weight excluding hydrogens is 120 g/mol. The van der Waals surface area contributed by atoms with E-state index in [1.165, 1.54) is 0 Å². The van der Waals surface area contributed by atoms with Gasteiger partial charge in [0.1, 0.15) is 0 Å². The van der Waals surface area contributed by atoms with Crippen molar-refractivity contribution in [3.05, 3.63) is 0 Å². The van der Waals surface area contributed by atoms with Crippen LogP contribution in [0.5, 0.6) is 0 Å². The van der Waals surface area contributed by atoms with E-state index in [4.69, 9.17) is 10.4 Å². The van der Waals surface area contributed by atoms with Crippen molar-refractivity contribution >= 4 is 0 Å². The van der Waals surface area contributed by atoms with Gasteiger partial charge in [0.2, 0.25) is 0 Å². The maximum absolute atomic E-state index is 8.49. The van der Waals surface area contributed by atoms with E-state index < -0.39 is 5.54 Å². The lowest BCUT2D eigenvalue weighted by Gasteiger charge is -2.28. The van der Waals surface area contributed by atoms with Crippen LogP contribution in [-0.2, 0) is 0 Å². The molecule has 0 saturated carbocycles. The first kappa shape index (κ1) is 8.84. The molecule has 0 spiro atoms. The molecule has 0 aromatic rings. The van der Waals surface area contributed by atoms with E-state index in [9.17, 15) is 0 Å². The van der Waals surface area contributed by atoms with Gasteiger partial charge in [-0.15, -0.1) is 0 Å². The highest BCUT2D eigenvalue weighted by molar-refractivity contribution is 4.82. The molecule has 0 radical (unpaired) electrons. The average Bonchev–Trinajstić information content (AvgIpc) is 1.86. The first-order chi connectivity index (χ1) is 4.04. The molecule has 0 amide bonds. The lowest BCUT2D eigenvalue weighted by Crippen LogP contribution is -2.52. The van der Waals surface area contributed by atoms with Crippen molar-refractivity contribution in [3.63, 3.8) is 0 Å². The Labute approximate surface area is 54.8 Å². The summed E-state index contributed by atoms with van der Waals surface area (Å²) in [5, 5.41) is 16.9. The first-order valence-corrected chi connectivity index (χ1v) is 2.85. The molecule has 1 atom stereocenters. The van der Waals surface area contributed by atoms with Gasteiger partial charge >= 0.3 is 0 Å². The minimum atomic E-state index is -0.505. The van der Waals surface area contributed by atoms with Gasteiger partial charge in [0, 0.05) is 6.04 Å². The Morgan fingerprint density at radius 1 is 1.33 bits per heavy atom. The van der Waals surface area contributed by atoms with Crippen molar-refractivity contribution in [2.24, 2.45) is 0 Å². The van der Waals surface area contributed by atoms with Gasteiger partial charge < -0.3 is 10.4 Å². The fourth-order valence-electron chi connectivity index (χ4n) is 0.258. The zero-order valence-electron chi connectivity index (χ0n) is 5.97. The largest absolute Gasteiger partial charge is 0.316 e. The fourth-order valence-corrected chi connectivity index (χ4v) is 0.258. The predicted octanol–water partition coefficient (Wildman–Crippen LogP) is 0.111. The molecule has 4 nitrogen and oxygen atoms in total. The van der Waals surface area contributed by atoms with Crippen LogP contribution in [0.2, 0.25) is 0 Å². The van der Waals surface area contributed by atoms with Crippen molar-refractivity contribution in [1.29, 1.82) is 0 Å². The minimum Gasteiger partial charge on any atom is -0.316 e. The molecule has 0 saturated heterocycles. The molecule has 56 valence electrons. The molecule has 4 N–H and O–H groups in total. The maximum Gasteiger partial charge on any atom is 0.0546 e. The van der Waals surface area contributed by atoms with Gasteiger partial charge in [0.25, 0.3) is 0 Å². The summed E-state index contributed by atoms with van der Waals surface area (Å²) in [7, 11) is 0. The van der Waals surface area contributed by atoms with Gasteiger partial charge in [-0.05, 0) is 20.8 Å². The van der Waals surface area contributed by atoms with Crippen LogP contribution >= 0.6 is 0 Å². The third-order valence-corrected chi connectivity index (χ3v) is 1.56. The van der Waals surface area contributed by atoms with E-state index in [1.807, 2.05) is 5.48 Å². The summed E-state index contributed by atoms with van der Waals surface area (Å²) in [5.74, 6) is 0. The van der Waals surface area contributed by atoms with Crippen molar-refractivity contribution in [3.8, 4) is 0 Å². The molecule has 0 aliphatic heterocycles. The van der Waals surface area contributed by atoms with Crippen LogP contribution in [0.4, 0.5) is 0 Å². The summed E-state index contributed by atoms with van der Waals surface area (Å²) in [6.45, 7) is 5.28. The number of rotatable bonds is 3. The van der Waals surface area contributed by atoms with E-state index in [-0.39, 0.29) is 6.04 Å². The van der Waals surface area contributed by atoms with E-state index in [0.717, 1.165) is 0 Å². The van der Waals surface area contributed by atoms with Gasteiger partial charge in [-0.1, -0.05) is 0 Å². The summed E-state index contributed by atoms with van der Waals surface area (Å²) >= 11 is 0. The quantitative estimate of drug-likeness (QED) is 0.414. The van der Waals surface area contributed by atoms with E-state index in [0.29, 0.717) is 0 Å². The lowest BCUT2D eigenvalue weighted by atomic mass is 9.98. The van der Waals surface area contributed by atoms with Crippen molar-refractivity contribution in [2.45, 2.75) is 32.4 Å². The monoisotopic (exact) mass is 134 g/mol. The molecule has 0 unspecified atom stereocenters. The Balaban J connectivity index is 3.80. The summed E-state index contributed by atoms with van der Waals surface area (Å²) in [6.07, 6.45) is 0. The number of hydrogen-bond donors (Lipinski definition) is 4. The summed E-state index contributed by atoms with van der Waals surface area (Å²) in [4.78, 5) is 0. The molecule has 0 heterocycles. The zero-order valence-corrected chi connectivity index (χ0v) is 5.97. The molecule has 0 aliphatic carbocycles. The Bertz CT molecular complexity index is 85.0. The molecule has 4 heteroatoms. The Hall–Kier alpha value is -0.160. The normalized spacial score (nSPS) is 15.7. The lowest BCUT2D eigenvalue weighted by molar-refractivity contribution is 0.0176. The second-order valence-corrected chi connectivity index (χ2v) is 2.68. The smallest absolute Gasteiger partial charge is 0.0546 e. The predicted molar refractivity (Wildman–Crippen MR) is 33.4 cm³/mol. The highest BCUT2D eigenvalue weighted by Crippen LogP contribution is 2.05. The summed E-state index contributed by atoms with van der Waals surface area (Å²) < 4.78 is 0. The van der Waals surface area contributed by atoms with Crippen molar-refractivity contribution in [2.75, 3.05) is 0 Å². The second-order valence-electron chi connectivity index (χ2n) is 2.68. The minimum absolute atomic E-state index is 0.192. The topological polar surface area (TPSA) is 64.5 Å². The van der Waals surface area contributed by atoms with Gasteiger partial charge in [0.15, 0.2) is 0 Å². The summed E-state index contributed by atoms with van der Waals surface area (Å²) in [6, 6.07) is -0.192. The molecular formula is C5H14N2O2. The van der Waals surface area contributed by atoms with Gasteiger partial charge in [0.05, 0.1) is 5.54 Å². The van der Waals surface area contributed by atoms with Gasteiger partial charge in [-0.2, -0.15) is 5.48 Å². The first-order valence-electron chi connectivity index (χ1n) is 2.85. The van der Waals surface area contributed by atoms with Crippen LogP contribution < -0.4 is 11.0 Å². The molecule has 0 rings (SSSR count). The Morgan fingerprint density at radius 2 is 1.78 bits per heavy atom. The van der Waals surface area contributed by atoms with E-state index in [1.54, 1.807) is 20.8 Å². The van der Waals surface area contributed by atoms with Crippen LogP contribution in [-0.4, -0.2) is 22.0 Å². The second kappa shape index (κ2) is 3.12. The van der Waals surface area contributed by atoms with Crippen LogP contribution in [0.3, 0.4) is 0 Å². The SMILES string of the molecule is C[C@@H](NO)C(C)(C)NO. The van der Waals surface area contributed by atoms with Crippen LogP contribution in [0.1, 0.15) is 20.8 Å². The molecule has 0 aromatic carbocycles. The third kappa shape index (κ3) is 2.28. The van der Waals surface area contributed by atoms with Gasteiger partial charge in [-0.3, -0.25) is 0 Å². The Morgan fingerprint density at radius 3 is 1.89 bits per heavy atom. The van der Waals surface area contributed by atoms with Crippen LogP contribution in [0.25, 0.3) is 0 Å². The third-order valence-electron chi connectivity index (χ3n) is 1.56. The Kier molecular flexibility index (Phi) is 3.07. The zero-order chi connectivity index (χ0) is 7.49. The fraction of sp³-hybridized carbons (Fsp3) is 1.00. The van der Waals surface area contributed by atoms with E-state index >= 15 is 0 Å².